The summed E-state index contributed by atoms with van der Waals surface area (Å²) < 4.78 is 13.6. The minimum absolute atomic E-state index is 0.311. The van der Waals surface area contributed by atoms with Crippen molar-refractivity contribution >= 4 is 6.29 Å². The van der Waals surface area contributed by atoms with Crippen LogP contribution in [0.4, 0.5) is 4.39 Å². The Morgan fingerprint density at radius 3 is 2.38 bits per heavy atom. The van der Waals surface area contributed by atoms with Gasteiger partial charge in [-0.05, 0) is 30.7 Å². The third kappa shape index (κ3) is 2.01. The summed E-state index contributed by atoms with van der Waals surface area (Å²) in [5.41, 5.74) is 2.85. The van der Waals surface area contributed by atoms with Crippen molar-refractivity contribution < 1.29 is 9.18 Å². The molecule has 0 saturated heterocycles. The summed E-state index contributed by atoms with van der Waals surface area (Å²) in [7, 11) is 0. The summed E-state index contributed by atoms with van der Waals surface area (Å²) in [5.74, 6) is -0.311. The van der Waals surface area contributed by atoms with E-state index < -0.39 is 0 Å². The minimum atomic E-state index is -0.311. The third-order valence-electron chi connectivity index (χ3n) is 2.49. The average molecular weight is 214 g/mol. The summed E-state index contributed by atoms with van der Waals surface area (Å²) in [6, 6.07) is 11.9. The average Bonchev–Trinajstić information content (AvgIpc) is 2.31. The third-order valence-corrected chi connectivity index (χ3v) is 2.49. The number of aldehydes is 1. The molecule has 0 aliphatic rings. The Kier molecular flexibility index (Phi) is 2.82. The van der Waals surface area contributed by atoms with Gasteiger partial charge in [-0.1, -0.05) is 29.8 Å². The summed E-state index contributed by atoms with van der Waals surface area (Å²) in [6.07, 6.45) is 0.719. The van der Waals surface area contributed by atoms with Crippen LogP contribution in [0.2, 0.25) is 0 Å². The zero-order valence-corrected chi connectivity index (χ0v) is 8.91. The molecule has 2 aromatic rings. The van der Waals surface area contributed by atoms with Crippen molar-refractivity contribution in [3.05, 3.63) is 59.4 Å². The first kappa shape index (κ1) is 10.6. The number of halogens is 1. The lowest BCUT2D eigenvalue weighted by Gasteiger charge is -2.04. The van der Waals surface area contributed by atoms with Crippen molar-refractivity contribution in [1.82, 2.24) is 0 Å². The minimum Gasteiger partial charge on any atom is -0.298 e. The van der Waals surface area contributed by atoms with E-state index in [0.29, 0.717) is 11.1 Å². The fraction of sp³-hybridized carbons (Fsp3) is 0.0714. The number of hydrogen-bond acceptors (Lipinski definition) is 1. The summed E-state index contributed by atoms with van der Waals surface area (Å²) in [6.45, 7) is 1.97. The molecule has 0 spiro atoms. The van der Waals surface area contributed by atoms with Crippen LogP contribution in [0.1, 0.15) is 15.9 Å². The van der Waals surface area contributed by atoms with Crippen LogP contribution in [0.3, 0.4) is 0 Å². The lowest BCUT2D eigenvalue weighted by molar-refractivity contribution is 0.112. The Hall–Kier alpha value is -1.96. The van der Waals surface area contributed by atoms with Crippen molar-refractivity contribution in [2.75, 3.05) is 0 Å². The van der Waals surface area contributed by atoms with Gasteiger partial charge in [0.2, 0.25) is 0 Å². The second-order valence-electron chi connectivity index (χ2n) is 3.72. The van der Waals surface area contributed by atoms with Crippen LogP contribution in [-0.4, -0.2) is 6.29 Å². The van der Waals surface area contributed by atoms with Crippen LogP contribution in [0, 0.1) is 12.7 Å². The summed E-state index contributed by atoms with van der Waals surface area (Å²) >= 11 is 0. The van der Waals surface area contributed by atoms with E-state index >= 15 is 0 Å². The van der Waals surface area contributed by atoms with Gasteiger partial charge in [-0.3, -0.25) is 4.79 Å². The van der Waals surface area contributed by atoms with Crippen LogP contribution in [-0.2, 0) is 0 Å². The molecule has 0 heterocycles. The van der Waals surface area contributed by atoms with E-state index in [4.69, 9.17) is 0 Å². The number of hydrogen-bond donors (Lipinski definition) is 0. The molecule has 0 aliphatic heterocycles. The van der Waals surface area contributed by atoms with Gasteiger partial charge < -0.3 is 0 Å². The molecule has 0 radical (unpaired) electrons. The molecule has 16 heavy (non-hydrogen) atoms. The van der Waals surface area contributed by atoms with Crippen molar-refractivity contribution in [3.63, 3.8) is 0 Å². The molecule has 0 amide bonds. The van der Waals surface area contributed by atoms with Gasteiger partial charge in [0.05, 0.1) is 0 Å². The highest BCUT2D eigenvalue weighted by molar-refractivity contribution is 5.79. The molecule has 0 saturated carbocycles. The molecule has 2 aromatic carbocycles. The molecular formula is C14H11FO. The molecule has 0 unspecified atom stereocenters. The van der Waals surface area contributed by atoms with Gasteiger partial charge in [-0.15, -0.1) is 0 Å². The van der Waals surface area contributed by atoms with Crippen LogP contribution < -0.4 is 0 Å². The number of aryl methyl sites for hydroxylation is 1. The SMILES string of the molecule is Cc1ccc(-c2cc(C=O)ccc2F)cc1. The molecule has 0 N–H and O–H groups in total. The zero-order chi connectivity index (χ0) is 11.5. The van der Waals surface area contributed by atoms with E-state index in [1.807, 2.05) is 31.2 Å². The Morgan fingerprint density at radius 2 is 1.75 bits per heavy atom. The molecule has 0 atom stereocenters. The van der Waals surface area contributed by atoms with Crippen LogP contribution in [0.5, 0.6) is 0 Å². The molecule has 2 rings (SSSR count). The van der Waals surface area contributed by atoms with E-state index in [9.17, 15) is 9.18 Å². The molecule has 2 heteroatoms. The molecule has 0 fully saturated rings. The molecular weight excluding hydrogens is 203 g/mol. The number of rotatable bonds is 2. The van der Waals surface area contributed by atoms with Gasteiger partial charge in [0.15, 0.2) is 0 Å². The highest BCUT2D eigenvalue weighted by Crippen LogP contribution is 2.23. The van der Waals surface area contributed by atoms with Crippen molar-refractivity contribution in [2.45, 2.75) is 6.92 Å². The van der Waals surface area contributed by atoms with Gasteiger partial charge in [-0.25, -0.2) is 4.39 Å². The van der Waals surface area contributed by atoms with Crippen molar-refractivity contribution in [3.8, 4) is 11.1 Å². The second kappa shape index (κ2) is 4.27. The van der Waals surface area contributed by atoms with Crippen molar-refractivity contribution in [1.29, 1.82) is 0 Å². The molecule has 0 aromatic heterocycles. The first-order valence-electron chi connectivity index (χ1n) is 5.02. The highest BCUT2D eigenvalue weighted by Gasteiger charge is 2.05. The van der Waals surface area contributed by atoms with E-state index in [0.717, 1.165) is 17.4 Å². The quantitative estimate of drug-likeness (QED) is 0.698. The van der Waals surface area contributed by atoms with Gasteiger partial charge in [0.1, 0.15) is 12.1 Å². The largest absolute Gasteiger partial charge is 0.298 e. The van der Waals surface area contributed by atoms with Crippen molar-refractivity contribution in [2.24, 2.45) is 0 Å². The van der Waals surface area contributed by atoms with E-state index in [1.54, 1.807) is 6.07 Å². The maximum Gasteiger partial charge on any atom is 0.150 e. The van der Waals surface area contributed by atoms with Crippen LogP contribution >= 0.6 is 0 Å². The smallest absolute Gasteiger partial charge is 0.150 e. The van der Waals surface area contributed by atoms with Gasteiger partial charge in [0, 0.05) is 11.1 Å². The lowest BCUT2D eigenvalue weighted by Crippen LogP contribution is -1.88. The summed E-state index contributed by atoms with van der Waals surface area (Å²) in [5, 5.41) is 0. The maximum absolute atomic E-state index is 13.6. The number of benzene rings is 2. The monoisotopic (exact) mass is 214 g/mol. The first-order chi connectivity index (χ1) is 7.70. The standard InChI is InChI=1S/C14H11FO/c1-10-2-5-12(6-3-10)13-8-11(9-16)4-7-14(13)15/h2-9H,1H3. The second-order valence-corrected chi connectivity index (χ2v) is 3.72. The van der Waals surface area contributed by atoms with E-state index in [1.165, 1.54) is 12.1 Å². The Bertz CT molecular complexity index is 515. The molecule has 0 bridgehead atoms. The zero-order valence-electron chi connectivity index (χ0n) is 8.91. The molecule has 1 nitrogen and oxygen atoms in total. The van der Waals surface area contributed by atoms with Gasteiger partial charge >= 0.3 is 0 Å². The lowest BCUT2D eigenvalue weighted by atomic mass is 10.0. The maximum atomic E-state index is 13.6. The first-order valence-corrected chi connectivity index (χ1v) is 5.02. The fourth-order valence-electron chi connectivity index (χ4n) is 1.57. The van der Waals surface area contributed by atoms with E-state index in [-0.39, 0.29) is 5.82 Å². The number of carbonyl (C=O) groups excluding carboxylic acids is 1. The summed E-state index contributed by atoms with van der Waals surface area (Å²) in [4.78, 5) is 10.6. The van der Waals surface area contributed by atoms with Gasteiger partial charge in [-0.2, -0.15) is 0 Å². The fourth-order valence-corrected chi connectivity index (χ4v) is 1.57. The Labute approximate surface area is 93.5 Å². The normalized spacial score (nSPS) is 10.1. The van der Waals surface area contributed by atoms with Gasteiger partial charge in [0.25, 0.3) is 0 Å². The molecule has 80 valence electrons. The van der Waals surface area contributed by atoms with E-state index in [2.05, 4.69) is 0 Å². The topological polar surface area (TPSA) is 17.1 Å². The highest BCUT2D eigenvalue weighted by atomic mass is 19.1. The Morgan fingerprint density at radius 1 is 1.06 bits per heavy atom. The predicted molar refractivity (Wildman–Crippen MR) is 62.0 cm³/mol. The number of carbonyl (C=O) groups is 1. The van der Waals surface area contributed by atoms with Crippen LogP contribution in [0.15, 0.2) is 42.5 Å². The predicted octanol–water partition coefficient (Wildman–Crippen LogP) is 3.61. The van der Waals surface area contributed by atoms with Crippen LogP contribution in [0.25, 0.3) is 11.1 Å². The Balaban J connectivity index is 2.54. The molecule has 0 aliphatic carbocycles.